The Morgan fingerprint density at radius 1 is 0.968 bits per heavy atom. The molecule has 6 nitrogen and oxygen atoms in total. The molecular weight excluding hydrogens is 390 g/mol. The minimum absolute atomic E-state index is 0.149. The molecule has 152 valence electrons. The third-order valence-corrected chi connectivity index (χ3v) is 5.47. The van der Waals surface area contributed by atoms with E-state index in [2.05, 4.69) is 10.4 Å². The van der Waals surface area contributed by atoms with Crippen LogP contribution in [0, 0.1) is 6.92 Å². The van der Waals surface area contributed by atoms with Crippen LogP contribution >= 0.6 is 0 Å². The van der Waals surface area contributed by atoms with Crippen LogP contribution in [-0.4, -0.2) is 15.7 Å². The van der Waals surface area contributed by atoms with Crippen molar-refractivity contribution in [3.63, 3.8) is 0 Å². The SMILES string of the molecule is Cc1c(-c2ccccc2)oc2c(C(=O)Nc3cccc4c3cnn4C)cccc2c1=O. The normalized spacial score (nSPS) is 11.2. The van der Waals surface area contributed by atoms with Crippen LogP contribution in [0.4, 0.5) is 5.69 Å². The Balaban J connectivity index is 1.65. The van der Waals surface area contributed by atoms with Gasteiger partial charge in [-0.05, 0) is 31.2 Å². The number of anilines is 1. The molecule has 1 amide bonds. The van der Waals surface area contributed by atoms with Crippen LogP contribution < -0.4 is 10.7 Å². The van der Waals surface area contributed by atoms with Gasteiger partial charge in [0.15, 0.2) is 11.0 Å². The molecule has 0 bridgehead atoms. The number of nitrogens with zero attached hydrogens (tertiary/aromatic N) is 2. The topological polar surface area (TPSA) is 77.1 Å². The first-order chi connectivity index (χ1) is 15.0. The van der Waals surface area contributed by atoms with Gasteiger partial charge in [-0.25, -0.2) is 0 Å². The van der Waals surface area contributed by atoms with Crippen molar-refractivity contribution < 1.29 is 9.21 Å². The summed E-state index contributed by atoms with van der Waals surface area (Å²) >= 11 is 0. The molecule has 1 N–H and O–H groups in total. The molecule has 0 radical (unpaired) electrons. The summed E-state index contributed by atoms with van der Waals surface area (Å²) in [5, 5.41) is 8.42. The number of hydrogen-bond donors (Lipinski definition) is 1. The second-order valence-electron chi connectivity index (χ2n) is 7.39. The number of nitrogens with one attached hydrogen (secondary N) is 1. The number of hydrogen-bond acceptors (Lipinski definition) is 4. The van der Waals surface area contributed by atoms with Crippen LogP contribution in [-0.2, 0) is 7.05 Å². The standard InChI is InChI=1S/C25H19N3O3/c1-15-22(29)17-10-6-11-18(24(17)31-23(15)16-8-4-3-5-9-16)25(30)27-20-12-7-13-21-19(20)14-26-28(21)2/h3-14H,1-2H3,(H,27,30). The Morgan fingerprint density at radius 2 is 1.74 bits per heavy atom. The van der Waals surface area contributed by atoms with E-state index < -0.39 is 0 Å². The van der Waals surface area contributed by atoms with Gasteiger partial charge in [0, 0.05) is 23.6 Å². The summed E-state index contributed by atoms with van der Waals surface area (Å²) in [6, 6.07) is 20.1. The second-order valence-corrected chi connectivity index (χ2v) is 7.39. The monoisotopic (exact) mass is 409 g/mol. The van der Waals surface area contributed by atoms with E-state index in [4.69, 9.17) is 4.42 Å². The number of amides is 1. The molecule has 0 unspecified atom stereocenters. The van der Waals surface area contributed by atoms with Gasteiger partial charge in [0.25, 0.3) is 5.91 Å². The van der Waals surface area contributed by atoms with Crippen LogP contribution in [0.15, 0.2) is 82.1 Å². The Hall–Kier alpha value is -4.19. The number of carbonyl (C=O) groups excluding carboxylic acids is 1. The summed E-state index contributed by atoms with van der Waals surface area (Å²) in [4.78, 5) is 26.3. The zero-order chi connectivity index (χ0) is 21.5. The van der Waals surface area contributed by atoms with Gasteiger partial charge in [0.05, 0.1) is 28.4 Å². The maximum Gasteiger partial charge on any atom is 0.259 e. The Kier molecular flexibility index (Phi) is 4.40. The molecular formula is C25H19N3O3. The van der Waals surface area contributed by atoms with Gasteiger partial charge in [0.1, 0.15) is 5.76 Å². The molecule has 2 aromatic heterocycles. The van der Waals surface area contributed by atoms with E-state index in [1.54, 1.807) is 36.0 Å². The highest BCUT2D eigenvalue weighted by atomic mass is 16.3. The van der Waals surface area contributed by atoms with Crippen LogP contribution in [0.25, 0.3) is 33.2 Å². The number of benzene rings is 3. The zero-order valence-corrected chi connectivity index (χ0v) is 17.0. The van der Waals surface area contributed by atoms with Crippen molar-refractivity contribution in [1.29, 1.82) is 0 Å². The van der Waals surface area contributed by atoms with Crippen LogP contribution in [0.5, 0.6) is 0 Å². The van der Waals surface area contributed by atoms with Crippen molar-refractivity contribution in [2.75, 3.05) is 5.32 Å². The summed E-state index contributed by atoms with van der Waals surface area (Å²) in [5.41, 5.74) is 3.27. The maximum absolute atomic E-state index is 13.2. The summed E-state index contributed by atoms with van der Waals surface area (Å²) < 4.78 is 7.91. The molecule has 31 heavy (non-hydrogen) atoms. The largest absolute Gasteiger partial charge is 0.455 e. The lowest BCUT2D eigenvalue weighted by Crippen LogP contribution is -2.15. The number of aryl methyl sites for hydroxylation is 1. The minimum atomic E-state index is -0.354. The first-order valence-electron chi connectivity index (χ1n) is 9.88. The lowest BCUT2D eigenvalue weighted by molar-refractivity contribution is 0.102. The van der Waals surface area contributed by atoms with Crippen LogP contribution in [0.2, 0.25) is 0 Å². The van der Waals surface area contributed by atoms with Crippen molar-refractivity contribution in [3.8, 4) is 11.3 Å². The molecule has 0 aliphatic carbocycles. The molecule has 0 fully saturated rings. The predicted molar refractivity (Wildman–Crippen MR) is 121 cm³/mol. The van der Waals surface area contributed by atoms with Crippen molar-refractivity contribution in [3.05, 3.63) is 94.3 Å². The van der Waals surface area contributed by atoms with Crippen LogP contribution in [0.3, 0.4) is 0 Å². The molecule has 0 saturated carbocycles. The summed E-state index contributed by atoms with van der Waals surface area (Å²) in [6.07, 6.45) is 1.71. The van der Waals surface area contributed by atoms with E-state index in [9.17, 15) is 9.59 Å². The van der Waals surface area contributed by atoms with Gasteiger partial charge in [-0.15, -0.1) is 0 Å². The summed E-state index contributed by atoms with van der Waals surface area (Å²) in [7, 11) is 1.85. The Labute approximate surface area is 177 Å². The summed E-state index contributed by atoms with van der Waals surface area (Å²) in [5.74, 6) is 0.112. The van der Waals surface area contributed by atoms with Gasteiger partial charge in [-0.2, -0.15) is 5.10 Å². The van der Waals surface area contributed by atoms with E-state index in [1.807, 2.05) is 55.6 Å². The number of aromatic nitrogens is 2. The average molecular weight is 409 g/mol. The lowest BCUT2D eigenvalue weighted by Gasteiger charge is -2.11. The first kappa shape index (κ1) is 18.8. The first-order valence-corrected chi connectivity index (χ1v) is 9.88. The third-order valence-electron chi connectivity index (χ3n) is 5.47. The van der Waals surface area contributed by atoms with E-state index in [0.29, 0.717) is 28.0 Å². The second kappa shape index (κ2) is 7.25. The third kappa shape index (κ3) is 3.09. The molecule has 0 aliphatic rings. The summed E-state index contributed by atoms with van der Waals surface area (Å²) in [6.45, 7) is 1.74. The quantitative estimate of drug-likeness (QED) is 0.459. The highest BCUT2D eigenvalue weighted by Crippen LogP contribution is 2.28. The van der Waals surface area contributed by atoms with Gasteiger partial charge < -0.3 is 9.73 Å². The highest BCUT2D eigenvalue weighted by molar-refractivity contribution is 6.14. The van der Waals surface area contributed by atoms with Crippen molar-refractivity contribution >= 4 is 33.5 Å². The van der Waals surface area contributed by atoms with Crippen molar-refractivity contribution in [2.45, 2.75) is 6.92 Å². The Morgan fingerprint density at radius 3 is 2.55 bits per heavy atom. The smallest absolute Gasteiger partial charge is 0.259 e. The van der Waals surface area contributed by atoms with E-state index in [0.717, 1.165) is 16.5 Å². The fourth-order valence-electron chi connectivity index (χ4n) is 3.83. The zero-order valence-electron chi connectivity index (χ0n) is 17.0. The number of fused-ring (bicyclic) bond motifs is 2. The predicted octanol–water partition coefficient (Wildman–Crippen LogP) is 4.91. The molecule has 5 rings (SSSR count). The highest BCUT2D eigenvalue weighted by Gasteiger charge is 2.19. The molecule has 6 heteroatoms. The average Bonchev–Trinajstić information content (AvgIpc) is 3.18. The number of carbonyl (C=O) groups is 1. The van der Waals surface area contributed by atoms with Gasteiger partial charge in [-0.3, -0.25) is 14.3 Å². The van der Waals surface area contributed by atoms with Crippen molar-refractivity contribution in [2.24, 2.45) is 7.05 Å². The van der Waals surface area contributed by atoms with E-state index in [-0.39, 0.29) is 16.9 Å². The molecule has 5 aromatic rings. The fraction of sp³-hybridized carbons (Fsp3) is 0.0800. The van der Waals surface area contributed by atoms with Gasteiger partial charge >= 0.3 is 0 Å². The maximum atomic E-state index is 13.2. The molecule has 0 saturated heterocycles. The van der Waals surface area contributed by atoms with Crippen molar-refractivity contribution in [1.82, 2.24) is 9.78 Å². The molecule has 0 spiro atoms. The molecule has 0 atom stereocenters. The molecule has 0 aliphatic heterocycles. The fourth-order valence-corrected chi connectivity index (χ4v) is 3.83. The number of para-hydroxylation sites is 1. The minimum Gasteiger partial charge on any atom is -0.455 e. The Bertz CT molecular complexity index is 1510. The lowest BCUT2D eigenvalue weighted by atomic mass is 10.0. The number of rotatable bonds is 3. The van der Waals surface area contributed by atoms with Gasteiger partial charge in [0.2, 0.25) is 0 Å². The molecule has 2 heterocycles. The van der Waals surface area contributed by atoms with Crippen LogP contribution in [0.1, 0.15) is 15.9 Å². The van der Waals surface area contributed by atoms with E-state index in [1.165, 1.54) is 0 Å². The van der Waals surface area contributed by atoms with Gasteiger partial charge in [-0.1, -0.05) is 42.5 Å². The molecule has 3 aromatic carbocycles. The van der Waals surface area contributed by atoms with E-state index >= 15 is 0 Å².